The normalized spacial score (nSPS) is 13.7. The lowest BCUT2D eigenvalue weighted by atomic mass is 10.1. The molecule has 1 atom stereocenters. The molecule has 0 radical (unpaired) electrons. The molecule has 1 aromatic heterocycles. The molecule has 4 rings (SSSR count). The van der Waals surface area contributed by atoms with Gasteiger partial charge in [-0.3, -0.25) is 14.4 Å². The molecule has 226 valence electrons. The van der Waals surface area contributed by atoms with Crippen LogP contribution < -0.4 is 16.3 Å². The minimum atomic E-state index is -0.871. The highest BCUT2D eigenvalue weighted by Crippen LogP contribution is 2.20. The first kappa shape index (κ1) is 30.8. The second-order valence-electron chi connectivity index (χ2n) is 10.0. The second-order valence-corrected chi connectivity index (χ2v) is 10.0. The number of aromatic hydroxyl groups is 1. The van der Waals surface area contributed by atoms with Gasteiger partial charge in [0.05, 0.1) is 0 Å². The van der Waals surface area contributed by atoms with Gasteiger partial charge >= 0.3 is 11.7 Å². The first-order chi connectivity index (χ1) is 20.7. The number of alkyl carbamates (subject to hydrolysis) is 1. The number of carbonyl (C=O) groups excluding carboxylic acids is 4. The zero-order chi connectivity index (χ0) is 30.8. The van der Waals surface area contributed by atoms with Gasteiger partial charge < -0.3 is 34.7 Å². The fourth-order valence-electron chi connectivity index (χ4n) is 4.69. The van der Waals surface area contributed by atoms with E-state index in [1.54, 1.807) is 11.0 Å². The summed E-state index contributed by atoms with van der Waals surface area (Å²) in [5.41, 5.74) is 0.0187. The van der Waals surface area contributed by atoms with Crippen molar-refractivity contribution in [3.05, 3.63) is 88.8 Å². The lowest BCUT2D eigenvalue weighted by Crippen LogP contribution is -2.56. The molecule has 0 aliphatic carbocycles. The van der Waals surface area contributed by atoms with E-state index in [9.17, 15) is 29.1 Å². The largest absolute Gasteiger partial charge is 0.508 e. The standard InChI is InChI=1S/C31H34N4O8/c1-2-27(37)32-13-7-6-10-25(33-31(41)42-20-21-8-4-3-5-9-21)29(39)35-16-14-34(15-17-35)28(38)24-18-22-11-12-23(36)19-26(22)43-30(24)40/h2-5,8-9,11-12,18-19,25,36H,1,6-7,10,13-17,20H2,(H,32,37)(H,33,41). The number of unbranched alkanes of at least 4 members (excludes halogenated alkanes) is 1. The Morgan fingerprint density at radius 3 is 2.44 bits per heavy atom. The van der Waals surface area contributed by atoms with Crippen LogP contribution in [0, 0.1) is 0 Å². The Balaban J connectivity index is 1.36. The summed E-state index contributed by atoms with van der Waals surface area (Å²) in [5.74, 6) is -1.18. The number of phenolic OH excluding ortho intramolecular Hbond substituents is 1. The van der Waals surface area contributed by atoms with Crippen molar-refractivity contribution in [2.45, 2.75) is 31.9 Å². The second kappa shape index (κ2) is 14.7. The van der Waals surface area contributed by atoms with Gasteiger partial charge in [-0.05, 0) is 49.1 Å². The molecule has 1 aliphatic rings. The molecule has 0 bridgehead atoms. The molecule has 43 heavy (non-hydrogen) atoms. The van der Waals surface area contributed by atoms with E-state index >= 15 is 0 Å². The van der Waals surface area contributed by atoms with E-state index in [4.69, 9.17) is 9.15 Å². The number of ether oxygens (including phenoxy) is 1. The maximum atomic E-state index is 13.5. The number of hydrogen-bond donors (Lipinski definition) is 3. The third-order valence-electron chi connectivity index (χ3n) is 7.04. The van der Waals surface area contributed by atoms with Crippen molar-refractivity contribution in [1.82, 2.24) is 20.4 Å². The van der Waals surface area contributed by atoms with Crippen LogP contribution in [-0.4, -0.2) is 77.5 Å². The zero-order valence-corrected chi connectivity index (χ0v) is 23.6. The fraction of sp³-hybridized carbons (Fsp3) is 0.323. The molecule has 4 amide bonds. The number of nitrogens with zero attached hydrogens (tertiary/aromatic N) is 2. The van der Waals surface area contributed by atoms with E-state index in [0.717, 1.165) is 5.56 Å². The average Bonchev–Trinajstić information content (AvgIpc) is 3.02. The molecule has 1 aliphatic heterocycles. The summed E-state index contributed by atoms with van der Waals surface area (Å²) in [6, 6.07) is 14.0. The van der Waals surface area contributed by atoms with E-state index < -0.39 is 23.7 Å². The van der Waals surface area contributed by atoms with Crippen molar-refractivity contribution < 1.29 is 33.4 Å². The van der Waals surface area contributed by atoms with Gasteiger partial charge in [0, 0.05) is 44.2 Å². The van der Waals surface area contributed by atoms with Gasteiger partial charge in [0.25, 0.3) is 5.91 Å². The van der Waals surface area contributed by atoms with Crippen LogP contribution in [0.15, 0.2) is 76.5 Å². The van der Waals surface area contributed by atoms with Crippen molar-refractivity contribution in [2.24, 2.45) is 0 Å². The van der Waals surface area contributed by atoms with Crippen molar-refractivity contribution in [3.63, 3.8) is 0 Å². The summed E-state index contributed by atoms with van der Waals surface area (Å²) in [5, 5.41) is 15.5. The van der Waals surface area contributed by atoms with E-state index in [1.807, 2.05) is 30.3 Å². The predicted molar refractivity (Wildman–Crippen MR) is 157 cm³/mol. The Hall–Kier alpha value is -5.13. The third kappa shape index (κ3) is 8.44. The molecule has 0 saturated carbocycles. The van der Waals surface area contributed by atoms with Crippen molar-refractivity contribution in [1.29, 1.82) is 0 Å². The molecule has 1 unspecified atom stereocenters. The fourth-order valence-corrected chi connectivity index (χ4v) is 4.69. The van der Waals surface area contributed by atoms with Crippen LogP contribution in [0.3, 0.4) is 0 Å². The summed E-state index contributed by atoms with van der Waals surface area (Å²) in [7, 11) is 0. The van der Waals surface area contributed by atoms with Gasteiger partial charge in [0.1, 0.15) is 29.5 Å². The van der Waals surface area contributed by atoms with Crippen LogP contribution in [0.4, 0.5) is 4.79 Å². The van der Waals surface area contributed by atoms with Crippen LogP contribution >= 0.6 is 0 Å². The van der Waals surface area contributed by atoms with Gasteiger partial charge in [-0.2, -0.15) is 0 Å². The highest BCUT2D eigenvalue weighted by Gasteiger charge is 2.31. The number of hydrogen-bond acceptors (Lipinski definition) is 8. The maximum Gasteiger partial charge on any atom is 0.408 e. The minimum absolute atomic E-state index is 0.0475. The lowest BCUT2D eigenvalue weighted by molar-refractivity contribution is -0.135. The molecule has 1 saturated heterocycles. The average molecular weight is 591 g/mol. The van der Waals surface area contributed by atoms with E-state index in [-0.39, 0.29) is 61.5 Å². The first-order valence-electron chi connectivity index (χ1n) is 14.0. The van der Waals surface area contributed by atoms with Crippen LogP contribution in [0.25, 0.3) is 11.0 Å². The van der Waals surface area contributed by atoms with Gasteiger partial charge in [-0.1, -0.05) is 36.9 Å². The number of carbonyl (C=O) groups is 4. The Kier molecular flexibility index (Phi) is 10.5. The Labute approximate surface area is 247 Å². The van der Waals surface area contributed by atoms with Gasteiger partial charge in [0.2, 0.25) is 11.8 Å². The quantitative estimate of drug-likeness (QED) is 0.175. The number of rotatable bonds is 11. The Bertz CT molecular complexity index is 1530. The smallest absolute Gasteiger partial charge is 0.408 e. The highest BCUT2D eigenvalue weighted by molar-refractivity contribution is 5.97. The van der Waals surface area contributed by atoms with Crippen LogP contribution in [-0.2, 0) is 20.9 Å². The van der Waals surface area contributed by atoms with E-state index in [1.165, 1.54) is 29.2 Å². The van der Waals surface area contributed by atoms with E-state index in [0.29, 0.717) is 31.2 Å². The number of phenols is 1. The summed E-state index contributed by atoms with van der Waals surface area (Å²) >= 11 is 0. The van der Waals surface area contributed by atoms with Gasteiger partial charge in [0.15, 0.2) is 0 Å². The Morgan fingerprint density at radius 2 is 1.72 bits per heavy atom. The monoisotopic (exact) mass is 590 g/mol. The highest BCUT2D eigenvalue weighted by atomic mass is 16.5. The lowest BCUT2D eigenvalue weighted by Gasteiger charge is -2.36. The number of nitrogens with one attached hydrogen (secondary N) is 2. The number of fused-ring (bicyclic) bond motifs is 1. The van der Waals surface area contributed by atoms with Crippen LogP contribution in [0.2, 0.25) is 0 Å². The predicted octanol–water partition coefficient (Wildman–Crippen LogP) is 2.55. The van der Waals surface area contributed by atoms with Gasteiger partial charge in [-0.15, -0.1) is 0 Å². The van der Waals surface area contributed by atoms with Crippen LogP contribution in [0.1, 0.15) is 35.2 Å². The third-order valence-corrected chi connectivity index (χ3v) is 7.04. The molecule has 2 aromatic carbocycles. The van der Waals surface area contributed by atoms with E-state index in [2.05, 4.69) is 17.2 Å². The number of piperazine rings is 1. The summed E-state index contributed by atoms with van der Waals surface area (Å²) in [6.45, 7) is 4.61. The van der Waals surface area contributed by atoms with Crippen LogP contribution in [0.5, 0.6) is 5.75 Å². The molecule has 3 N–H and O–H groups in total. The Morgan fingerprint density at radius 1 is 1.00 bits per heavy atom. The first-order valence-corrected chi connectivity index (χ1v) is 14.0. The van der Waals surface area contributed by atoms with Crippen molar-refractivity contribution in [2.75, 3.05) is 32.7 Å². The topological polar surface area (TPSA) is 158 Å². The summed E-state index contributed by atoms with van der Waals surface area (Å²) in [4.78, 5) is 66.2. The minimum Gasteiger partial charge on any atom is -0.508 e. The SMILES string of the molecule is C=CC(=O)NCCCCC(NC(=O)OCc1ccccc1)C(=O)N1CCN(C(=O)c2cc3ccc(O)cc3oc2=O)CC1. The maximum absolute atomic E-state index is 13.5. The molecule has 2 heterocycles. The van der Waals surface area contributed by atoms with Crippen molar-refractivity contribution >= 4 is 34.8 Å². The molecule has 12 heteroatoms. The molecule has 3 aromatic rings. The number of amides is 4. The molecule has 0 spiro atoms. The van der Waals surface area contributed by atoms with Crippen molar-refractivity contribution in [3.8, 4) is 5.75 Å². The zero-order valence-electron chi connectivity index (χ0n) is 23.6. The van der Waals surface area contributed by atoms with Gasteiger partial charge in [-0.25, -0.2) is 9.59 Å². The molecule has 1 fully saturated rings. The molecular weight excluding hydrogens is 556 g/mol. The molecular formula is C31H34N4O8. The summed E-state index contributed by atoms with van der Waals surface area (Å²) < 4.78 is 10.5. The summed E-state index contributed by atoms with van der Waals surface area (Å²) in [6.07, 6.45) is 1.89. The number of benzene rings is 2. The molecule has 12 nitrogen and oxygen atoms in total.